The summed E-state index contributed by atoms with van der Waals surface area (Å²) < 4.78 is 16.5. The number of nitro benzene ring substituents is 1. The molecule has 2 aromatic rings. The van der Waals surface area contributed by atoms with Crippen LogP contribution in [0, 0.1) is 10.1 Å². The van der Waals surface area contributed by atoms with E-state index in [1.165, 1.54) is 19.1 Å². The topological polar surface area (TPSA) is 99.9 Å². The summed E-state index contributed by atoms with van der Waals surface area (Å²) in [6, 6.07) is 11.4. The molecule has 156 valence electrons. The van der Waals surface area contributed by atoms with Gasteiger partial charge >= 0.3 is 5.69 Å². The minimum absolute atomic E-state index is 0.0513. The van der Waals surface area contributed by atoms with Gasteiger partial charge in [-0.3, -0.25) is 14.9 Å². The maximum Gasteiger partial charge on any atom is 0.310 e. The summed E-state index contributed by atoms with van der Waals surface area (Å²) in [5.74, 6) is 0.918. The van der Waals surface area contributed by atoms with Crippen molar-refractivity contribution in [2.45, 2.75) is 39.3 Å². The lowest BCUT2D eigenvalue weighted by Gasteiger charge is -2.15. The van der Waals surface area contributed by atoms with Gasteiger partial charge in [-0.05, 0) is 37.1 Å². The standard InChI is InChI=1S/C21H26N2O6/c1-4-5-12-28-19-11-10-16(13-20(19)27-3)14-22-21(24)15(2)29-18-9-7-6-8-17(18)23(25)26/h6-11,13,15H,4-5,12,14H2,1-3H3,(H,22,24). The fourth-order valence-electron chi connectivity index (χ4n) is 2.55. The number of rotatable bonds is 11. The summed E-state index contributed by atoms with van der Waals surface area (Å²) in [7, 11) is 1.56. The molecule has 0 saturated heterocycles. The molecule has 0 radical (unpaired) electrons. The van der Waals surface area contributed by atoms with Crippen molar-refractivity contribution in [2.24, 2.45) is 0 Å². The highest BCUT2D eigenvalue weighted by molar-refractivity contribution is 5.80. The number of hydrogen-bond donors (Lipinski definition) is 1. The number of hydrogen-bond acceptors (Lipinski definition) is 6. The minimum Gasteiger partial charge on any atom is -0.493 e. The number of amides is 1. The fourth-order valence-corrected chi connectivity index (χ4v) is 2.55. The van der Waals surface area contributed by atoms with Crippen molar-refractivity contribution in [1.82, 2.24) is 5.32 Å². The van der Waals surface area contributed by atoms with Crippen LogP contribution < -0.4 is 19.5 Å². The highest BCUT2D eigenvalue weighted by Gasteiger charge is 2.20. The molecule has 8 nitrogen and oxygen atoms in total. The molecule has 0 saturated carbocycles. The van der Waals surface area contributed by atoms with E-state index < -0.39 is 11.0 Å². The second-order valence-electron chi connectivity index (χ2n) is 6.39. The quantitative estimate of drug-likeness (QED) is 0.348. The average molecular weight is 402 g/mol. The third kappa shape index (κ3) is 6.38. The molecule has 2 aromatic carbocycles. The van der Waals surface area contributed by atoms with Crippen LogP contribution in [-0.2, 0) is 11.3 Å². The predicted octanol–water partition coefficient (Wildman–Crippen LogP) is 3.87. The van der Waals surface area contributed by atoms with E-state index in [0.717, 1.165) is 18.4 Å². The van der Waals surface area contributed by atoms with E-state index in [2.05, 4.69) is 12.2 Å². The molecule has 0 fully saturated rings. The zero-order valence-electron chi connectivity index (χ0n) is 16.8. The van der Waals surface area contributed by atoms with Gasteiger partial charge in [0.05, 0.1) is 18.6 Å². The van der Waals surface area contributed by atoms with Crippen LogP contribution in [0.2, 0.25) is 0 Å². The molecular weight excluding hydrogens is 376 g/mol. The highest BCUT2D eigenvalue weighted by atomic mass is 16.6. The molecule has 8 heteroatoms. The molecular formula is C21H26N2O6. The van der Waals surface area contributed by atoms with Crippen LogP contribution in [0.3, 0.4) is 0 Å². The van der Waals surface area contributed by atoms with Gasteiger partial charge in [-0.2, -0.15) is 0 Å². The Morgan fingerprint density at radius 3 is 2.62 bits per heavy atom. The monoisotopic (exact) mass is 402 g/mol. The third-order valence-electron chi connectivity index (χ3n) is 4.19. The molecule has 1 amide bonds. The van der Waals surface area contributed by atoms with Crippen molar-refractivity contribution in [3.05, 3.63) is 58.1 Å². The number of nitrogens with one attached hydrogen (secondary N) is 1. The molecule has 29 heavy (non-hydrogen) atoms. The summed E-state index contributed by atoms with van der Waals surface area (Å²) in [6.07, 6.45) is 1.10. The first kappa shape index (κ1) is 22.0. The Labute approximate surface area is 169 Å². The van der Waals surface area contributed by atoms with Gasteiger partial charge in [0, 0.05) is 12.6 Å². The van der Waals surface area contributed by atoms with Crippen molar-refractivity contribution < 1.29 is 23.9 Å². The number of carbonyl (C=O) groups is 1. The zero-order chi connectivity index (χ0) is 21.2. The minimum atomic E-state index is -0.894. The Morgan fingerprint density at radius 1 is 1.17 bits per heavy atom. The van der Waals surface area contributed by atoms with E-state index in [1.807, 2.05) is 12.1 Å². The van der Waals surface area contributed by atoms with Gasteiger partial charge in [-0.25, -0.2) is 0 Å². The Balaban J connectivity index is 1.95. The van der Waals surface area contributed by atoms with Crippen LogP contribution in [-0.4, -0.2) is 30.7 Å². The Hall–Kier alpha value is -3.29. The molecule has 2 rings (SSSR count). The average Bonchev–Trinajstić information content (AvgIpc) is 2.72. The van der Waals surface area contributed by atoms with E-state index >= 15 is 0 Å². The van der Waals surface area contributed by atoms with E-state index in [1.54, 1.807) is 25.3 Å². The maximum absolute atomic E-state index is 12.3. The third-order valence-corrected chi connectivity index (χ3v) is 4.19. The van der Waals surface area contributed by atoms with Crippen LogP contribution in [0.4, 0.5) is 5.69 Å². The van der Waals surface area contributed by atoms with Crippen molar-refractivity contribution >= 4 is 11.6 Å². The number of ether oxygens (including phenoxy) is 3. The second-order valence-corrected chi connectivity index (χ2v) is 6.39. The number of carbonyl (C=O) groups excluding carboxylic acids is 1. The molecule has 0 aliphatic rings. The van der Waals surface area contributed by atoms with Crippen LogP contribution >= 0.6 is 0 Å². The molecule has 0 bridgehead atoms. The summed E-state index contributed by atoms with van der Waals surface area (Å²) in [4.78, 5) is 22.8. The first-order chi connectivity index (χ1) is 14.0. The largest absolute Gasteiger partial charge is 0.493 e. The fraction of sp³-hybridized carbons (Fsp3) is 0.381. The lowest BCUT2D eigenvalue weighted by molar-refractivity contribution is -0.386. The van der Waals surface area contributed by atoms with Crippen LogP contribution in [0.1, 0.15) is 32.3 Å². The number of unbranched alkanes of at least 4 members (excludes halogenated alkanes) is 1. The highest BCUT2D eigenvalue weighted by Crippen LogP contribution is 2.29. The summed E-state index contributed by atoms with van der Waals surface area (Å²) >= 11 is 0. The van der Waals surface area contributed by atoms with Gasteiger partial charge in [-0.1, -0.05) is 31.5 Å². The number of para-hydroxylation sites is 2. The summed E-state index contributed by atoms with van der Waals surface area (Å²) in [5, 5.41) is 13.8. The maximum atomic E-state index is 12.3. The Bertz CT molecular complexity index is 840. The number of nitro groups is 1. The lowest BCUT2D eigenvalue weighted by atomic mass is 10.2. The van der Waals surface area contributed by atoms with E-state index in [-0.39, 0.29) is 23.9 Å². The summed E-state index contributed by atoms with van der Waals surface area (Å²) in [5.41, 5.74) is 0.645. The van der Waals surface area contributed by atoms with Gasteiger partial charge in [-0.15, -0.1) is 0 Å². The molecule has 0 aliphatic heterocycles. The molecule has 1 N–H and O–H groups in total. The molecule has 1 atom stereocenters. The van der Waals surface area contributed by atoms with Crippen molar-refractivity contribution in [3.63, 3.8) is 0 Å². The molecule has 0 aromatic heterocycles. The van der Waals surface area contributed by atoms with Crippen molar-refractivity contribution in [3.8, 4) is 17.2 Å². The van der Waals surface area contributed by atoms with Crippen LogP contribution in [0.25, 0.3) is 0 Å². The molecule has 0 aliphatic carbocycles. The van der Waals surface area contributed by atoms with Crippen LogP contribution in [0.15, 0.2) is 42.5 Å². The van der Waals surface area contributed by atoms with Crippen molar-refractivity contribution in [2.75, 3.05) is 13.7 Å². The van der Waals surface area contributed by atoms with Gasteiger partial charge in [0.15, 0.2) is 23.4 Å². The van der Waals surface area contributed by atoms with E-state index in [0.29, 0.717) is 18.1 Å². The predicted molar refractivity (Wildman–Crippen MR) is 108 cm³/mol. The normalized spacial score (nSPS) is 11.4. The number of nitrogens with zero attached hydrogens (tertiary/aromatic N) is 1. The number of methoxy groups -OCH3 is 1. The van der Waals surface area contributed by atoms with Gasteiger partial charge < -0.3 is 19.5 Å². The van der Waals surface area contributed by atoms with Gasteiger partial charge in [0.1, 0.15) is 0 Å². The summed E-state index contributed by atoms with van der Waals surface area (Å²) in [6.45, 7) is 4.50. The Morgan fingerprint density at radius 2 is 1.93 bits per heavy atom. The molecule has 1 unspecified atom stereocenters. The Kier molecular flexibility index (Phi) is 8.27. The van der Waals surface area contributed by atoms with Gasteiger partial charge in [0.2, 0.25) is 0 Å². The first-order valence-electron chi connectivity index (χ1n) is 9.43. The first-order valence-corrected chi connectivity index (χ1v) is 9.43. The smallest absolute Gasteiger partial charge is 0.310 e. The zero-order valence-corrected chi connectivity index (χ0v) is 16.8. The second kappa shape index (κ2) is 10.9. The van der Waals surface area contributed by atoms with E-state index in [9.17, 15) is 14.9 Å². The van der Waals surface area contributed by atoms with Gasteiger partial charge in [0.25, 0.3) is 5.91 Å². The molecule has 0 heterocycles. The van der Waals surface area contributed by atoms with Crippen LogP contribution in [0.5, 0.6) is 17.2 Å². The number of benzene rings is 2. The van der Waals surface area contributed by atoms with E-state index in [4.69, 9.17) is 14.2 Å². The lowest BCUT2D eigenvalue weighted by Crippen LogP contribution is -2.36. The van der Waals surface area contributed by atoms with Crippen molar-refractivity contribution in [1.29, 1.82) is 0 Å². The SMILES string of the molecule is CCCCOc1ccc(CNC(=O)C(C)Oc2ccccc2[N+](=O)[O-])cc1OC. The molecule has 0 spiro atoms.